The molecule has 1 rings (SSSR count). The van der Waals surface area contributed by atoms with E-state index < -0.39 is 0 Å². The molecule has 0 aliphatic rings. The number of anilines is 2. The summed E-state index contributed by atoms with van der Waals surface area (Å²) in [5.74, 6) is 0. The highest BCUT2D eigenvalue weighted by Gasteiger charge is 1.98. The first-order valence-corrected chi connectivity index (χ1v) is 3.76. The second kappa shape index (κ2) is 3.94. The topological polar surface area (TPSA) is 84.3 Å². The van der Waals surface area contributed by atoms with Crippen LogP contribution in [0.4, 0.5) is 11.4 Å². The van der Waals surface area contributed by atoms with Crippen LogP contribution in [0.3, 0.4) is 0 Å². The van der Waals surface area contributed by atoms with Gasteiger partial charge in [0.15, 0.2) is 0 Å². The highest BCUT2D eigenvalue weighted by molar-refractivity contribution is 5.65. The number of nitrogens with two attached hydrogens (primary N) is 2. The summed E-state index contributed by atoms with van der Waals surface area (Å²) in [7, 11) is 0. The van der Waals surface area contributed by atoms with Crippen molar-refractivity contribution in [1.82, 2.24) is 0 Å². The van der Waals surface area contributed by atoms with E-state index in [-0.39, 0.29) is 0 Å². The number of nitrogen functional groups attached to an aromatic ring is 1. The molecule has 0 aliphatic heterocycles. The molecule has 12 heavy (non-hydrogen) atoms. The average Bonchev–Trinajstić information content (AvgIpc) is 2.09. The Hall–Kier alpha value is -1.26. The summed E-state index contributed by atoms with van der Waals surface area (Å²) >= 11 is 0. The fraction of sp³-hybridized carbons (Fsp3) is 0.250. The number of benzene rings is 1. The SMILES string of the molecule is NCCc1ccc(N)c(NO)c1. The minimum absolute atomic E-state index is 0.526. The minimum Gasteiger partial charge on any atom is -0.397 e. The zero-order valence-electron chi connectivity index (χ0n) is 6.75. The molecular formula is C8H13N3O. The van der Waals surface area contributed by atoms with Crippen molar-refractivity contribution in [2.45, 2.75) is 6.42 Å². The van der Waals surface area contributed by atoms with Gasteiger partial charge < -0.3 is 11.5 Å². The van der Waals surface area contributed by atoms with Gasteiger partial charge in [-0.05, 0) is 30.7 Å². The van der Waals surface area contributed by atoms with Crippen LogP contribution in [-0.2, 0) is 6.42 Å². The summed E-state index contributed by atoms with van der Waals surface area (Å²) in [6.45, 7) is 0.592. The van der Waals surface area contributed by atoms with Crippen molar-refractivity contribution < 1.29 is 5.21 Å². The summed E-state index contributed by atoms with van der Waals surface area (Å²) in [5, 5.41) is 8.65. The summed E-state index contributed by atoms with van der Waals surface area (Å²) in [6.07, 6.45) is 0.787. The predicted octanol–water partition coefficient (Wildman–Crippen LogP) is 0.571. The van der Waals surface area contributed by atoms with Crippen molar-refractivity contribution in [3.63, 3.8) is 0 Å². The van der Waals surface area contributed by atoms with E-state index in [2.05, 4.69) is 0 Å². The first-order chi connectivity index (χ1) is 5.77. The van der Waals surface area contributed by atoms with Crippen LogP contribution in [0.2, 0.25) is 0 Å². The molecule has 0 aromatic heterocycles. The molecule has 6 N–H and O–H groups in total. The maximum Gasteiger partial charge on any atom is 0.0834 e. The van der Waals surface area contributed by atoms with Crippen molar-refractivity contribution in [2.75, 3.05) is 17.8 Å². The maximum absolute atomic E-state index is 8.65. The van der Waals surface area contributed by atoms with E-state index in [1.165, 1.54) is 0 Å². The fourth-order valence-corrected chi connectivity index (χ4v) is 1.02. The Bertz CT molecular complexity index is 262. The standard InChI is InChI=1S/C8H13N3O/c9-4-3-6-1-2-7(10)8(5-6)11-12/h1-2,5,11-12H,3-4,9-10H2. The van der Waals surface area contributed by atoms with Gasteiger partial charge in [-0.25, -0.2) is 0 Å². The summed E-state index contributed by atoms with van der Waals surface area (Å²) in [6, 6.07) is 5.41. The van der Waals surface area contributed by atoms with Gasteiger partial charge in [0.05, 0.1) is 11.4 Å². The van der Waals surface area contributed by atoms with E-state index in [0.717, 1.165) is 12.0 Å². The molecule has 0 heterocycles. The van der Waals surface area contributed by atoms with Gasteiger partial charge >= 0.3 is 0 Å². The third kappa shape index (κ3) is 1.87. The first-order valence-electron chi connectivity index (χ1n) is 3.76. The molecule has 0 aliphatic carbocycles. The molecule has 0 radical (unpaired) electrons. The molecule has 0 atom stereocenters. The first kappa shape index (κ1) is 8.83. The normalized spacial score (nSPS) is 9.83. The van der Waals surface area contributed by atoms with E-state index in [9.17, 15) is 0 Å². The molecule has 0 saturated heterocycles. The van der Waals surface area contributed by atoms with Crippen molar-refractivity contribution in [2.24, 2.45) is 5.73 Å². The highest BCUT2D eigenvalue weighted by atomic mass is 16.5. The molecule has 66 valence electrons. The second-order valence-electron chi connectivity index (χ2n) is 2.57. The molecule has 0 saturated carbocycles. The molecule has 4 nitrogen and oxygen atoms in total. The van der Waals surface area contributed by atoms with Gasteiger partial charge in [0.2, 0.25) is 0 Å². The average molecular weight is 167 g/mol. The molecule has 1 aromatic carbocycles. The van der Waals surface area contributed by atoms with Gasteiger partial charge in [-0.15, -0.1) is 0 Å². The predicted molar refractivity (Wildman–Crippen MR) is 49.0 cm³/mol. The zero-order valence-corrected chi connectivity index (χ0v) is 6.75. The van der Waals surface area contributed by atoms with Crippen molar-refractivity contribution in [3.05, 3.63) is 23.8 Å². The van der Waals surface area contributed by atoms with E-state index in [4.69, 9.17) is 16.7 Å². The van der Waals surface area contributed by atoms with Crippen LogP contribution in [0.15, 0.2) is 18.2 Å². The van der Waals surface area contributed by atoms with Crippen LogP contribution in [-0.4, -0.2) is 11.8 Å². The lowest BCUT2D eigenvalue weighted by atomic mass is 10.1. The van der Waals surface area contributed by atoms with Gasteiger partial charge in [0.1, 0.15) is 0 Å². The Morgan fingerprint density at radius 1 is 1.42 bits per heavy atom. The van der Waals surface area contributed by atoms with E-state index in [1.807, 2.05) is 11.5 Å². The molecule has 1 aromatic rings. The molecule has 4 heteroatoms. The van der Waals surface area contributed by atoms with Crippen molar-refractivity contribution in [1.29, 1.82) is 0 Å². The number of nitrogens with one attached hydrogen (secondary N) is 1. The Morgan fingerprint density at radius 3 is 2.75 bits per heavy atom. The molecule has 0 bridgehead atoms. The summed E-state index contributed by atoms with van der Waals surface area (Å²) in [5.41, 5.74) is 15.1. The monoisotopic (exact) mass is 167 g/mol. The molecule has 0 fully saturated rings. The molecular weight excluding hydrogens is 154 g/mol. The third-order valence-corrected chi connectivity index (χ3v) is 1.67. The van der Waals surface area contributed by atoms with Gasteiger partial charge in [0, 0.05) is 0 Å². The van der Waals surface area contributed by atoms with Crippen LogP contribution in [0.1, 0.15) is 5.56 Å². The lowest BCUT2D eigenvalue weighted by molar-refractivity contribution is 0.389. The smallest absolute Gasteiger partial charge is 0.0834 e. The van der Waals surface area contributed by atoms with Crippen LogP contribution in [0.25, 0.3) is 0 Å². The lowest BCUT2D eigenvalue weighted by Gasteiger charge is -2.05. The Labute approximate surface area is 71.1 Å². The maximum atomic E-state index is 8.65. The van der Waals surface area contributed by atoms with Gasteiger partial charge in [-0.1, -0.05) is 6.07 Å². The van der Waals surface area contributed by atoms with Gasteiger partial charge in [-0.3, -0.25) is 10.7 Å². The fourth-order valence-electron chi connectivity index (χ4n) is 1.02. The molecule has 0 spiro atoms. The number of hydrogen-bond donors (Lipinski definition) is 4. The van der Waals surface area contributed by atoms with E-state index in [0.29, 0.717) is 17.9 Å². The Balaban J connectivity index is 2.89. The van der Waals surface area contributed by atoms with Crippen molar-refractivity contribution in [3.8, 4) is 0 Å². The summed E-state index contributed by atoms with van der Waals surface area (Å²) < 4.78 is 0. The Kier molecular flexibility index (Phi) is 2.90. The van der Waals surface area contributed by atoms with E-state index in [1.54, 1.807) is 12.1 Å². The zero-order chi connectivity index (χ0) is 8.97. The minimum atomic E-state index is 0.526. The third-order valence-electron chi connectivity index (χ3n) is 1.67. The van der Waals surface area contributed by atoms with Crippen LogP contribution < -0.4 is 16.9 Å². The van der Waals surface area contributed by atoms with E-state index >= 15 is 0 Å². The molecule has 0 amide bonds. The number of hydrogen-bond acceptors (Lipinski definition) is 4. The second-order valence-corrected chi connectivity index (χ2v) is 2.57. The quantitative estimate of drug-likeness (QED) is 0.391. The van der Waals surface area contributed by atoms with Crippen molar-refractivity contribution >= 4 is 11.4 Å². The van der Waals surface area contributed by atoms with Gasteiger partial charge in [0.25, 0.3) is 0 Å². The largest absolute Gasteiger partial charge is 0.397 e. The van der Waals surface area contributed by atoms with Gasteiger partial charge in [-0.2, -0.15) is 0 Å². The lowest BCUT2D eigenvalue weighted by Crippen LogP contribution is -2.04. The van der Waals surface area contributed by atoms with Crippen LogP contribution >= 0.6 is 0 Å². The number of rotatable bonds is 3. The highest BCUT2D eigenvalue weighted by Crippen LogP contribution is 2.18. The van der Waals surface area contributed by atoms with Crippen LogP contribution in [0, 0.1) is 0 Å². The molecule has 0 unspecified atom stereocenters. The van der Waals surface area contributed by atoms with Crippen LogP contribution in [0.5, 0.6) is 0 Å². The summed E-state index contributed by atoms with van der Waals surface area (Å²) in [4.78, 5) is 0. The Morgan fingerprint density at radius 2 is 2.17 bits per heavy atom.